The van der Waals surface area contributed by atoms with Gasteiger partial charge in [0.05, 0.1) is 11.0 Å². The number of ether oxygens (including phenoxy) is 2. The summed E-state index contributed by atoms with van der Waals surface area (Å²) in [6.45, 7) is 2.42. The first-order chi connectivity index (χ1) is 8.58. The van der Waals surface area contributed by atoms with Crippen LogP contribution < -0.4 is 10.5 Å². The lowest BCUT2D eigenvalue weighted by Crippen LogP contribution is -2.18. The summed E-state index contributed by atoms with van der Waals surface area (Å²) in [7, 11) is 0. The summed E-state index contributed by atoms with van der Waals surface area (Å²) in [6.07, 6.45) is 1.81. The maximum atomic E-state index is 10.9. The zero-order valence-electron chi connectivity index (χ0n) is 9.96. The molecule has 18 heavy (non-hydrogen) atoms. The van der Waals surface area contributed by atoms with Gasteiger partial charge in [-0.1, -0.05) is 0 Å². The average Bonchev–Trinajstić information content (AvgIpc) is 2.77. The van der Waals surface area contributed by atoms with Gasteiger partial charge in [-0.2, -0.15) is 4.98 Å². The molecule has 0 saturated carbocycles. The molecule has 2 N–H and O–H groups in total. The topological polar surface area (TPSA) is 113 Å². The fraction of sp³-hybridized carbons (Fsp3) is 0.600. The molecule has 98 valence electrons. The van der Waals surface area contributed by atoms with Crippen molar-refractivity contribution in [2.24, 2.45) is 0 Å². The monoisotopic (exact) mass is 254 g/mol. The van der Waals surface area contributed by atoms with Crippen molar-refractivity contribution in [2.75, 3.05) is 18.9 Å². The molecule has 8 nitrogen and oxygen atoms in total. The van der Waals surface area contributed by atoms with Crippen molar-refractivity contribution in [3.8, 4) is 5.88 Å². The predicted octanol–water partition coefficient (Wildman–Crippen LogP) is 0.833. The van der Waals surface area contributed by atoms with Crippen LogP contribution in [0.1, 0.15) is 18.5 Å². The molecule has 1 aromatic rings. The van der Waals surface area contributed by atoms with E-state index in [-0.39, 0.29) is 35.9 Å². The Morgan fingerprint density at radius 2 is 2.39 bits per heavy atom. The number of rotatable bonds is 4. The highest BCUT2D eigenvalue weighted by molar-refractivity contribution is 5.47. The predicted molar refractivity (Wildman–Crippen MR) is 62.3 cm³/mol. The van der Waals surface area contributed by atoms with Gasteiger partial charge in [0.2, 0.25) is 5.95 Å². The molecule has 0 aromatic carbocycles. The fourth-order valence-corrected chi connectivity index (χ4v) is 1.82. The molecule has 1 aliphatic heterocycles. The van der Waals surface area contributed by atoms with Gasteiger partial charge in [0.15, 0.2) is 0 Å². The van der Waals surface area contributed by atoms with E-state index in [0.29, 0.717) is 6.61 Å². The summed E-state index contributed by atoms with van der Waals surface area (Å²) in [6, 6.07) is 0. The minimum absolute atomic E-state index is 0.0406. The van der Waals surface area contributed by atoms with Crippen LogP contribution in [0, 0.1) is 17.0 Å². The number of nitrogens with zero attached hydrogens (tertiary/aromatic N) is 3. The lowest BCUT2D eigenvalue weighted by molar-refractivity contribution is -0.387. The van der Waals surface area contributed by atoms with Crippen molar-refractivity contribution in [1.82, 2.24) is 9.97 Å². The number of aryl methyl sites for hydroxylation is 1. The van der Waals surface area contributed by atoms with Gasteiger partial charge in [-0.25, -0.2) is 4.98 Å². The van der Waals surface area contributed by atoms with Crippen LogP contribution in [0.2, 0.25) is 0 Å². The van der Waals surface area contributed by atoms with Gasteiger partial charge in [-0.3, -0.25) is 10.1 Å². The highest BCUT2D eigenvalue weighted by Crippen LogP contribution is 2.28. The molecule has 1 fully saturated rings. The second-order valence-electron chi connectivity index (χ2n) is 4.02. The zero-order valence-corrected chi connectivity index (χ0v) is 9.96. The van der Waals surface area contributed by atoms with Crippen LogP contribution >= 0.6 is 0 Å². The summed E-state index contributed by atoms with van der Waals surface area (Å²) >= 11 is 0. The minimum Gasteiger partial charge on any atom is -0.470 e. The van der Waals surface area contributed by atoms with Crippen LogP contribution in [0.4, 0.5) is 11.6 Å². The molecule has 0 aliphatic carbocycles. The highest BCUT2D eigenvalue weighted by atomic mass is 16.6. The summed E-state index contributed by atoms with van der Waals surface area (Å²) in [5.74, 6) is -0.138. The summed E-state index contributed by atoms with van der Waals surface area (Å²) in [5.41, 5.74) is 5.40. The van der Waals surface area contributed by atoms with Crippen LogP contribution in [-0.2, 0) is 4.74 Å². The van der Waals surface area contributed by atoms with Crippen molar-refractivity contribution < 1.29 is 14.4 Å². The molecule has 1 saturated heterocycles. The van der Waals surface area contributed by atoms with E-state index in [0.717, 1.165) is 12.8 Å². The van der Waals surface area contributed by atoms with E-state index in [1.807, 2.05) is 0 Å². The quantitative estimate of drug-likeness (QED) is 0.625. The first kappa shape index (κ1) is 12.5. The maximum Gasteiger partial charge on any atom is 0.352 e. The first-order valence-electron chi connectivity index (χ1n) is 5.61. The maximum absolute atomic E-state index is 10.9. The van der Waals surface area contributed by atoms with E-state index in [1.54, 1.807) is 0 Å². The molecule has 1 unspecified atom stereocenters. The SMILES string of the molecule is Cc1nc(N)nc(OCC2CCCO2)c1[N+](=O)[O-]. The Bertz CT molecular complexity index is 459. The van der Waals surface area contributed by atoms with Crippen LogP contribution in [0.5, 0.6) is 5.88 Å². The van der Waals surface area contributed by atoms with E-state index in [1.165, 1.54) is 6.92 Å². The number of aromatic nitrogens is 2. The van der Waals surface area contributed by atoms with Gasteiger partial charge >= 0.3 is 5.69 Å². The van der Waals surface area contributed by atoms with Crippen molar-refractivity contribution in [3.63, 3.8) is 0 Å². The molecule has 0 amide bonds. The van der Waals surface area contributed by atoms with E-state index in [4.69, 9.17) is 15.2 Å². The Balaban J connectivity index is 2.16. The lowest BCUT2D eigenvalue weighted by Gasteiger charge is -2.11. The second-order valence-corrected chi connectivity index (χ2v) is 4.02. The molecule has 2 heterocycles. The number of nitrogens with two attached hydrogens (primary N) is 1. The van der Waals surface area contributed by atoms with E-state index >= 15 is 0 Å². The van der Waals surface area contributed by atoms with Crippen LogP contribution in [0.25, 0.3) is 0 Å². The van der Waals surface area contributed by atoms with Crippen molar-refractivity contribution in [2.45, 2.75) is 25.9 Å². The molecule has 0 bridgehead atoms. The average molecular weight is 254 g/mol. The zero-order chi connectivity index (χ0) is 13.1. The van der Waals surface area contributed by atoms with E-state index in [9.17, 15) is 10.1 Å². The Morgan fingerprint density at radius 3 is 3.00 bits per heavy atom. The smallest absolute Gasteiger partial charge is 0.352 e. The van der Waals surface area contributed by atoms with Gasteiger partial charge in [0.1, 0.15) is 12.3 Å². The molecule has 0 radical (unpaired) electrons. The van der Waals surface area contributed by atoms with Gasteiger partial charge in [0, 0.05) is 6.61 Å². The van der Waals surface area contributed by atoms with Gasteiger partial charge in [0.25, 0.3) is 5.88 Å². The summed E-state index contributed by atoms with van der Waals surface area (Å²) < 4.78 is 10.7. The Morgan fingerprint density at radius 1 is 1.61 bits per heavy atom. The molecule has 1 aliphatic rings. The third-order valence-electron chi connectivity index (χ3n) is 2.66. The fourth-order valence-electron chi connectivity index (χ4n) is 1.82. The lowest BCUT2D eigenvalue weighted by atomic mass is 10.2. The third kappa shape index (κ3) is 2.65. The Hall–Kier alpha value is -1.96. The van der Waals surface area contributed by atoms with Gasteiger partial charge < -0.3 is 15.2 Å². The summed E-state index contributed by atoms with van der Waals surface area (Å²) in [4.78, 5) is 17.9. The largest absolute Gasteiger partial charge is 0.470 e. The standard InChI is InChI=1S/C10H14N4O4/c1-6-8(14(15)16)9(13-10(11)12-6)18-5-7-3-2-4-17-7/h7H,2-5H2,1H3,(H2,11,12,13). The first-order valence-corrected chi connectivity index (χ1v) is 5.61. The number of anilines is 1. The second kappa shape index (κ2) is 5.13. The van der Waals surface area contributed by atoms with Crippen LogP contribution in [-0.4, -0.2) is 34.2 Å². The Kier molecular flexibility index (Phi) is 3.56. The van der Waals surface area contributed by atoms with Crippen molar-refractivity contribution in [3.05, 3.63) is 15.8 Å². The molecule has 1 aromatic heterocycles. The highest BCUT2D eigenvalue weighted by Gasteiger charge is 2.25. The number of hydrogen-bond acceptors (Lipinski definition) is 7. The van der Waals surface area contributed by atoms with Crippen LogP contribution in [0.15, 0.2) is 0 Å². The molecule has 2 rings (SSSR count). The number of hydrogen-bond donors (Lipinski definition) is 1. The third-order valence-corrected chi connectivity index (χ3v) is 2.66. The molecule has 1 atom stereocenters. The van der Waals surface area contributed by atoms with Crippen LogP contribution in [0.3, 0.4) is 0 Å². The minimum atomic E-state index is -0.570. The van der Waals surface area contributed by atoms with Crippen molar-refractivity contribution in [1.29, 1.82) is 0 Å². The Labute approximate surface area is 103 Å². The molecule has 0 spiro atoms. The van der Waals surface area contributed by atoms with Gasteiger partial charge in [-0.05, 0) is 19.8 Å². The number of nitrogen functional groups attached to an aromatic ring is 1. The van der Waals surface area contributed by atoms with Gasteiger partial charge in [-0.15, -0.1) is 0 Å². The van der Waals surface area contributed by atoms with E-state index in [2.05, 4.69) is 9.97 Å². The number of nitro groups is 1. The van der Waals surface area contributed by atoms with Crippen molar-refractivity contribution >= 4 is 11.6 Å². The normalized spacial score (nSPS) is 18.8. The molecular formula is C10H14N4O4. The summed E-state index contributed by atoms with van der Waals surface area (Å²) in [5, 5.41) is 10.9. The molecular weight excluding hydrogens is 240 g/mol. The molecule has 8 heteroatoms. The van der Waals surface area contributed by atoms with E-state index < -0.39 is 4.92 Å².